The molecular formula is C14H21ClN6O. The molecule has 2 saturated heterocycles. The molecule has 2 heterocycles. The van der Waals surface area contributed by atoms with Crippen LogP contribution in [0.2, 0.25) is 5.02 Å². The molecule has 22 heavy (non-hydrogen) atoms. The summed E-state index contributed by atoms with van der Waals surface area (Å²) in [4.78, 5) is 16.8. The number of carbonyl (C=O) groups excluding carboxylic acids is 1. The van der Waals surface area contributed by atoms with Crippen molar-refractivity contribution in [2.75, 3.05) is 38.5 Å². The minimum Gasteiger partial charge on any atom is -0.367 e. The van der Waals surface area contributed by atoms with Crippen LogP contribution in [0.4, 0.5) is 5.69 Å². The van der Waals surface area contributed by atoms with Crippen molar-refractivity contribution in [3.05, 3.63) is 29.3 Å². The van der Waals surface area contributed by atoms with Gasteiger partial charge in [0.25, 0.3) is 0 Å². The SMILES string of the molecule is CN1CCN(C(=O)C2NNNC2Nc2ccc(Cl)cc2)CC1. The normalized spacial score (nSPS) is 26.2. The lowest BCUT2D eigenvalue weighted by Crippen LogP contribution is -2.56. The molecule has 2 aliphatic rings. The summed E-state index contributed by atoms with van der Waals surface area (Å²) in [5.74, 6) is 0.0945. The van der Waals surface area contributed by atoms with E-state index in [0.29, 0.717) is 5.02 Å². The predicted molar refractivity (Wildman–Crippen MR) is 86.1 cm³/mol. The minimum absolute atomic E-state index is 0.0945. The number of hydrazine groups is 2. The number of hydrogen-bond acceptors (Lipinski definition) is 6. The van der Waals surface area contributed by atoms with E-state index < -0.39 is 0 Å². The number of rotatable bonds is 3. The third kappa shape index (κ3) is 3.50. The molecule has 2 unspecified atom stereocenters. The third-order valence-electron chi connectivity index (χ3n) is 4.04. The van der Waals surface area contributed by atoms with E-state index in [1.54, 1.807) is 0 Å². The summed E-state index contributed by atoms with van der Waals surface area (Å²) in [5.41, 5.74) is 9.77. The highest BCUT2D eigenvalue weighted by Crippen LogP contribution is 2.16. The molecule has 1 aromatic rings. The van der Waals surface area contributed by atoms with Gasteiger partial charge in [-0.1, -0.05) is 11.6 Å². The number of hydrogen-bond donors (Lipinski definition) is 4. The Morgan fingerprint density at radius 3 is 2.55 bits per heavy atom. The largest absolute Gasteiger partial charge is 0.367 e. The monoisotopic (exact) mass is 324 g/mol. The van der Waals surface area contributed by atoms with Gasteiger partial charge in [-0.3, -0.25) is 4.79 Å². The molecule has 1 amide bonds. The number of carbonyl (C=O) groups is 1. The summed E-state index contributed by atoms with van der Waals surface area (Å²) in [5, 5.41) is 3.98. The first-order valence-electron chi connectivity index (χ1n) is 7.39. The van der Waals surface area contributed by atoms with Gasteiger partial charge in [0.2, 0.25) is 5.91 Å². The smallest absolute Gasteiger partial charge is 0.244 e. The summed E-state index contributed by atoms with van der Waals surface area (Å²) in [6, 6.07) is 7.05. The first kappa shape index (κ1) is 15.5. The average Bonchev–Trinajstić information content (AvgIpc) is 2.98. The topological polar surface area (TPSA) is 71.7 Å². The van der Waals surface area contributed by atoms with Crippen molar-refractivity contribution in [2.45, 2.75) is 12.2 Å². The van der Waals surface area contributed by atoms with E-state index in [1.807, 2.05) is 29.2 Å². The number of anilines is 1. The van der Waals surface area contributed by atoms with Gasteiger partial charge in [0.1, 0.15) is 12.2 Å². The zero-order valence-electron chi connectivity index (χ0n) is 12.5. The van der Waals surface area contributed by atoms with E-state index in [-0.39, 0.29) is 18.1 Å². The molecule has 8 heteroatoms. The molecule has 1 aromatic carbocycles. The van der Waals surface area contributed by atoms with E-state index in [2.05, 4.69) is 33.7 Å². The fraction of sp³-hybridized carbons (Fsp3) is 0.500. The molecule has 0 spiro atoms. The number of nitrogens with one attached hydrogen (secondary N) is 4. The van der Waals surface area contributed by atoms with Crippen LogP contribution in [0.5, 0.6) is 0 Å². The van der Waals surface area contributed by atoms with Crippen molar-refractivity contribution in [3.8, 4) is 0 Å². The molecule has 7 nitrogen and oxygen atoms in total. The first-order valence-corrected chi connectivity index (χ1v) is 7.77. The highest BCUT2D eigenvalue weighted by Gasteiger charge is 2.36. The van der Waals surface area contributed by atoms with Crippen molar-refractivity contribution in [2.24, 2.45) is 0 Å². The van der Waals surface area contributed by atoms with Crippen LogP contribution < -0.4 is 21.7 Å². The highest BCUT2D eigenvalue weighted by molar-refractivity contribution is 6.30. The van der Waals surface area contributed by atoms with Gasteiger partial charge < -0.3 is 15.1 Å². The summed E-state index contributed by atoms with van der Waals surface area (Å²) in [6.07, 6.45) is -0.228. The van der Waals surface area contributed by atoms with Gasteiger partial charge in [0, 0.05) is 36.9 Å². The molecule has 2 aliphatic heterocycles. The van der Waals surface area contributed by atoms with E-state index in [9.17, 15) is 4.79 Å². The van der Waals surface area contributed by atoms with E-state index >= 15 is 0 Å². The maximum Gasteiger partial charge on any atom is 0.244 e. The number of benzene rings is 1. The Labute approximate surface area is 134 Å². The van der Waals surface area contributed by atoms with Gasteiger partial charge in [0.05, 0.1) is 0 Å². The standard InChI is InChI=1S/C14H21ClN6O/c1-20-6-8-21(9-7-20)14(22)12-13(18-19-17-12)16-11-4-2-10(15)3-5-11/h2-5,12-13,16-19H,6-9H2,1H3. The second-order valence-corrected chi connectivity index (χ2v) is 6.09. The summed E-state index contributed by atoms with van der Waals surface area (Å²) < 4.78 is 0. The number of halogens is 1. The van der Waals surface area contributed by atoms with Crippen molar-refractivity contribution in [3.63, 3.8) is 0 Å². The quantitative estimate of drug-likeness (QED) is 0.619. The maximum atomic E-state index is 12.7. The van der Waals surface area contributed by atoms with E-state index in [0.717, 1.165) is 31.9 Å². The van der Waals surface area contributed by atoms with Gasteiger partial charge >= 0.3 is 0 Å². The van der Waals surface area contributed by atoms with Crippen molar-refractivity contribution >= 4 is 23.2 Å². The molecule has 0 aromatic heterocycles. The molecule has 2 atom stereocenters. The van der Waals surface area contributed by atoms with Crippen LogP contribution in [0.3, 0.4) is 0 Å². The van der Waals surface area contributed by atoms with Gasteiger partial charge in [-0.05, 0) is 31.3 Å². The lowest BCUT2D eigenvalue weighted by molar-refractivity contribution is -0.134. The molecular weight excluding hydrogens is 304 g/mol. The molecule has 3 rings (SSSR count). The molecule has 0 bridgehead atoms. The van der Waals surface area contributed by atoms with Gasteiger partial charge in [-0.25, -0.2) is 10.9 Å². The molecule has 4 N–H and O–H groups in total. The van der Waals surface area contributed by atoms with Crippen LogP contribution in [-0.4, -0.2) is 61.1 Å². The Morgan fingerprint density at radius 1 is 1.18 bits per heavy atom. The van der Waals surface area contributed by atoms with Crippen molar-refractivity contribution in [1.29, 1.82) is 0 Å². The van der Waals surface area contributed by atoms with Crippen LogP contribution in [0.1, 0.15) is 0 Å². The van der Waals surface area contributed by atoms with Gasteiger partial charge in [-0.15, -0.1) is 0 Å². The fourth-order valence-electron chi connectivity index (χ4n) is 2.64. The molecule has 0 saturated carbocycles. The minimum atomic E-state index is -0.362. The predicted octanol–water partition coefficient (Wildman–Crippen LogP) is -0.167. The van der Waals surface area contributed by atoms with Crippen molar-refractivity contribution < 1.29 is 4.79 Å². The molecule has 120 valence electrons. The van der Waals surface area contributed by atoms with Crippen LogP contribution in [0, 0.1) is 0 Å². The maximum absolute atomic E-state index is 12.7. The Bertz CT molecular complexity index is 517. The highest BCUT2D eigenvalue weighted by atomic mass is 35.5. The average molecular weight is 325 g/mol. The van der Waals surface area contributed by atoms with E-state index in [4.69, 9.17) is 11.6 Å². The number of amides is 1. The van der Waals surface area contributed by atoms with Crippen LogP contribution in [0.25, 0.3) is 0 Å². The van der Waals surface area contributed by atoms with Gasteiger partial charge in [-0.2, -0.15) is 5.53 Å². The number of likely N-dealkylation sites (N-methyl/N-ethyl adjacent to an activating group) is 1. The lowest BCUT2D eigenvalue weighted by atomic mass is 10.1. The Morgan fingerprint density at radius 2 is 1.86 bits per heavy atom. The summed E-state index contributed by atoms with van der Waals surface area (Å²) in [7, 11) is 2.07. The Kier molecular flexibility index (Phi) is 4.80. The summed E-state index contributed by atoms with van der Waals surface area (Å²) >= 11 is 5.89. The first-order chi connectivity index (χ1) is 10.6. The van der Waals surface area contributed by atoms with Crippen LogP contribution in [-0.2, 0) is 4.79 Å². The Hall–Kier alpha value is -1.38. The lowest BCUT2D eigenvalue weighted by Gasteiger charge is -2.34. The van der Waals surface area contributed by atoms with E-state index in [1.165, 1.54) is 0 Å². The fourth-order valence-corrected chi connectivity index (χ4v) is 2.76. The summed E-state index contributed by atoms with van der Waals surface area (Å²) in [6.45, 7) is 3.35. The van der Waals surface area contributed by atoms with Gasteiger partial charge in [0.15, 0.2) is 0 Å². The molecule has 0 aliphatic carbocycles. The second-order valence-electron chi connectivity index (χ2n) is 5.65. The zero-order valence-corrected chi connectivity index (χ0v) is 13.2. The second kappa shape index (κ2) is 6.80. The number of nitrogens with zero attached hydrogens (tertiary/aromatic N) is 2. The molecule has 2 fully saturated rings. The Balaban J connectivity index is 1.62. The van der Waals surface area contributed by atoms with Crippen LogP contribution >= 0.6 is 11.6 Å². The van der Waals surface area contributed by atoms with Crippen molar-refractivity contribution in [1.82, 2.24) is 26.2 Å². The number of piperazine rings is 1. The molecule has 0 radical (unpaired) electrons. The zero-order chi connectivity index (χ0) is 15.5. The third-order valence-corrected chi connectivity index (χ3v) is 4.29. The van der Waals surface area contributed by atoms with Crippen LogP contribution in [0.15, 0.2) is 24.3 Å².